The minimum absolute atomic E-state index is 0.152. The number of nitrogens with one attached hydrogen (secondary N) is 2. The van der Waals surface area contributed by atoms with Gasteiger partial charge < -0.3 is 30.3 Å². The van der Waals surface area contributed by atoms with Crippen LogP contribution in [-0.4, -0.2) is 84.4 Å². The summed E-state index contributed by atoms with van der Waals surface area (Å²) in [6.07, 6.45) is 4.98. The van der Waals surface area contributed by atoms with E-state index in [0.717, 1.165) is 31.0 Å². The highest BCUT2D eigenvalue weighted by molar-refractivity contribution is 7.99. The Morgan fingerprint density at radius 3 is 2.37 bits per heavy atom. The SMILES string of the molecule is CC1CN(c2ccc(Nc3ncc4ccn(-c5cc(F)c(C(O)(O)N6CCSCC6)c(F)c5)c4n3)cn2)CC(C)N1. The van der Waals surface area contributed by atoms with Crippen molar-refractivity contribution in [2.24, 2.45) is 0 Å². The summed E-state index contributed by atoms with van der Waals surface area (Å²) in [6.45, 7) is 6.66. The van der Waals surface area contributed by atoms with E-state index in [9.17, 15) is 10.2 Å². The second-order valence-corrected chi connectivity index (χ2v) is 11.8. The molecule has 2 aliphatic rings. The summed E-state index contributed by atoms with van der Waals surface area (Å²) in [5, 5.41) is 28.7. The standard InChI is InChI=1S/C28H32F2N8O2S/c1-17-15-36(16-18(2)33-17)24-4-3-20(14-31-24)34-27-32-13-19-5-6-38(26(19)35-27)21-11-22(29)25(23(30)12-21)28(39,40)37-7-9-41-10-8-37/h3-6,11-14,17-18,33,39-40H,7-10,15-16H2,1-2H3,(H,32,34,35). The largest absolute Gasteiger partial charge is 0.354 e. The zero-order valence-corrected chi connectivity index (χ0v) is 23.6. The Kier molecular flexibility index (Phi) is 7.55. The maximum atomic E-state index is 15.3. The summed E-state index contributed by atoms with van der Waals surface area (Å²) < 4.78 is 32.1. The number of rotatable bonds is 6. The summed E-state index contributed by atoms with van der Waals surface area (Å²) in [5.74, 6) is -2.40. The van der Waals surface area contributed by atoms with Crippen molar-refractivity contribution in [2.75, 3.05) is 47.9 Å². The average molecular weight is 583 g/mol. The molecule has 0 spiro atoms. The van der Waals surface area contributed by atoms with Gasteiger partial charge in [0, 0.05) is 67.5 Å². The maximum absolute atomic E-state index is 15.3. The van der Waals surface area contributed by atoms with Crippen LogP contribution in [0, 0.1) is 11.6 Å². The Hall–Kier alpha value is -3.36. The fourth-order valence-electron chi connectivity index (χ4n) is 5.53. The maximum Gasteiger partial charge on any atom is 0.259 e. The fourth-order valence-corrected chi connectivity index (χ4v) is 6.43. The third-order valence-corrected chi connectivity index (χ3v) is 8.35. The van der Waals surface area contributed by atoms with Crippen LogP contribution in [0.25, 0.3) is 16.7 Å². The predicted octanol–water partition coefficient (Wildman–Crippen LogP) is 3.17. The van der Waals surface area contributed by atoms with Crippen molar-refractivity contribution in [3.8, 4) is 5.69 Å². The predicted molar refractivity (Wildman–Crippen MR) is 156 cm³/mol. The molecule has 2 saturated heterocycles. The van der Waals surface area contributed by atoms with Gasteiger partial charge >= 0.3 is 0 Å². The van der Waals surface area contributed by atoms with E-state index in [-0.39, 0.29) is 5.69 Å². The second-order valence-electron chi connectivity index (χ2n) is 10.6. The third-order valence-electron chi connectivity index (χ3n) is 7.41. The topological polar surface area (TPSA) is 115 Å². The Balaban J connectivity index is 1.24. The van der Waals surface area contributed by atoms with Crippen molar-refractivity contribution >= 4 is 40.2 Å². The lowest BCUT2D eigenvalue weighted by Crippen LogP contribution is -2.54. The first-order valence-electron chi connectivity index (χ1n) is 13.5. The molecule has 0 amide bonds. The van der Waals surface area contributed by atoms with E-state index >= 15 is 8.78 Å². The van der Waals surface area contributed by atoms with Crippen LogP contribution >= 0.6 is 11.8 Å². The number of hydrogen-bond donors (Lipinski definition) is 4. The van der Waals surface area contributed by atoms with Gasteiger partial charge in [-0.25, -0.2) is 23.6 Å². The van der Waals surface area contributed by atoms with E-state index in [1.165, 1.54) is 9.47 Å². The number of anilines is 3. The molecular formula is C28H32F2N8O2S. The summed E-state index contributed by atoms with van der Waals surface area (Å²) in [6, 6.07) is 8.50. The number of fused-ring (bicyclic) bond motifs is 1. The molecule has 0 bridgehead atoms. The molecule has 5 heterocycles. The molecule has 216 valence electrons. The van der Waals surface area contributed by atoms with Crippen LogP contribution in [0.4, 0.5) is 26.2 Å². The van der Waals surface area contributed by atoms with Gasteiger partial charge in [-0.1, -0.05) is 0 Å². The van der Waals surface area contributed by atoms with E-state index in [4.69, 9.17) is 0 Å². The molecule has 4 aromatic rings. The molecule has 3 aromatic heterocycles. The molecule has 2 aliphatic heterocycles. The highest BCUT2D eigenvalue weighted by atomic mass is 32.2. The van der Waals surface area contributed by atoms with E-state index in [1.54, 1.807) is 36.4 Å². The molecule has 2 fully saturated rings. The lowest BCUT2D eigenvalue weighted by Gasteiger charge is -2.37. The summed E-state index contributed by atoms with van der Waals surface area (Å²) >= 11 is 1.65. The lowest BCUT2D eigenvalue weighted by atomic mass is 10.1. The molecule has 41 heavy (non-hydrogen) atoms. The van der Waals surface area contributed by atoms with E-state index < -0.39 is 23.1 Å². The number of aliphatic hydroxyl groups is 2. The van der Waals surface area contributed by atoms with Gasteiger partial charge in [0.05, 0.1) is 23.1 Å². The van der Waals surface area contributed by atoms with Crippen molar-refractivity contribution in [3.05, 3.63) is 66.1 Å². The summed E-state index contributed by atoms with van der Waals surface area (Å²) in [4.78, 5) is 17.1. The van der Waals surface area contributed by atoms with Crippen molar-refractivity contribution in [1.82, 2.24) is 29.7 Å². The second kappa shape index (κ2) is 11.1. The molecule has 13 heteroatoms. The van der Waals surface area contributed by atoms with Crippen LogP contribution in [-0.2, 0) is 5.91 Å². The highest BCUT2D eigenvalue weighted by Gasteiger charge is 2.40. The Morgan fingerprint density at radius 2 is 1.71 bits per heavy atom. The minimum atomic E-state index is -2.75. The molecule has 1 aromatic carbocycles. The van der Waals surface area contributed by atoms with E-state index in [1.807, 2.05) is 12.1 Å². The van der Waals surface area contributed by atoms with Gasteiger partial charge in [0.25, 0.3) is 5.91 Å². The van der Waals surface area contributed by atoms with Crippen LogP contribution in [0.2, 0.25) is 0 Å². The zero-order chi connectivity index (χ0) is 28.7. The summed E-state index contributed by atoms with van der Waals surface area (Å²) in [7, 11) is 0. The van der Waals surface area contributed by atoms with Gasteiger partial charge in [0.1, 0.15) is 23.1 Å². The quantitative estimate of drug-likeness (QED) is 0.253. The highest BCUT2D eigenvalue weighted by Crippen LogP contribution is 2.32. The number of halogens is 2. The lowest BCUT2D eigenvalue weighted by molar-refractivity contribution is -0.276. The van der Waals surface area contributed by atoms with Gasteiger partial charge in [0.2, 0.25) is 5.95 Å². The molecule has 6 rings (SSSR count). The first kappa shape index (κ1) is 27.8. The molecule has 0 aliphatic carbocycles. The molecule has 2 unspecified atom stereocenters. The summed E-state index contributed by atoms with van der Waals surface area (Å²) in [5.41, 5.74) is 0.484. The van der Waals surface area contributed by atoms with E-state index in [0.29, 0.717) is 59.3 Å². The number of nitrogens with zero attached hydrogens (tertiary/aromatic N) is 6. The minimum Gasteiger partial charge on any atom is -0.354 e. The monoisotopic (exact) mass is 582 g/mol. The van der Waals surface area contributed by atoms with Crippen molar-refractivity contribution in [1.29, 1.82) is 0 Å². The molecule has 0 saturated carbocycles. The third kappa shape index (κ3) is 5.60. The van der Waals surface area contributed by atoms with Crippen LogP contribution in [0.3, 0.4) is 0 Å². The first-order chi connectivity index (χ1) is 19.7. The average Bonchev–Trinajstić information content (AvgIpc) is 3.36. The van der Waals surface area contributed by atoms with Gasteiger partial charge in [0.15, 0.2) is 0 Å². The van der Waals surface area contributed by atoms with Crippen molar-refractivity contribution in [3.63, 3.8) is 0 Å². The Labute approximate surface area is 240 Å². The number of thioether (sulfide) groups is 1. The number of benzene rings is 1. The molecule has 4 N–H and O–H groups in total. The van der Waals surface area contributed by atoms with Crippen molar-refractivity contribution < 1.29 is 19.0 Å². The Bertz CT molecular complexity index is 1510. The molecule has 2 atom stereocenters. The van der Waals surface area contributed by atoms with Crippen molar-refractivity contribution in [2.45, 2.75) is 31.8 Å². The number of pyridine rings is 1. The van der Waals surface area contributed by atoms with Gasteiger partial charge in [-0.15, -0.1) is 0 Å². The van der Waals surface area contributed by atoms with Crippen LogP contribution in [0.1, 0.15) is 19.4 Å². The number of hydrogen-bond acceptors (Lipinski definition) is 10. The molecular weight excluding hydrogens is 550 g/mol. The van der Waals surface area contributed by atoms with Crippen LogP contribution in [0.15, 0.2) is 48.9 Å². The normalized spacial score (nSPS) is 20.5. The molecule has 0 radical (unpaired) electrons. The van der Waals surface area contributed by atoms with Gasteiger partial charge in [-0.3, -0.25) is 0 Å². The number of aromatic nitrogens is 4. The van der Waals surface area contributed by atoms with Crippen LogP contribution in [0.5, 0.6) is 0 Å². The fraction of sp³-hybridized carbons (Fsp3) is 0.393. The molecule has 10 nitrogen and oxygen atoms in total. The van der Waals surface area contributed by atoms with Gasteiger partial charge in [-0.2, -0.15) is 16.7 Å². The Morgan fingerprint density at radius 1 is 1.00 bits per heavy atom. The first-order valence-corrected chi connectivity index (χ1v) is 14.7. The number of piperazine rings is 1. The van der Waals surface area contributed by atoms with Gasteiger partial charge in [-0.05, 0) is 44.2 Å². The zero-order valence-electron chi connectivity index (χ0n) is 22.8. The smallest absolute Gasteiger partial charge is 0.259 e. The van der Waals surface area contributed by atoms with E-state index in [2.05, 4.69) is 44.3 Å². The van der Waals surface area contributed by atoms with Crippen LogP contribution < -0.4 is 15.5 Å².